The minimum atomic E-state index is -1.16. The van der Waals surface area contributed by atoms with Gasteiger partial charge in [0.25, 0.3) is 0 Å². The molecule has 0 saturated heterocycles. The van der Waals surface area contributed by atoms with Gasteiger partial charge in [0.1, 0.15) is 28.8 Å². The smallest absolute Gasteiger partial charge is 0.408 e. The topological polar surface area (TPSA) is 184 Å². The van der Waals surface area contributed by atoms with Crippen molar-refractivity contribution in [1.82, 2.24) is 10.6 Å². The molecule has 2 rings (SSSR count). The Balaban J connectivity index is 0. The van der Waals surface area contributed by atoms with Crippen LogP contribution in [0.1, 0.15) is 74.9 Å². The number of hydrogen-bond acceptors (Lipinski definition) is 10. The van der Waals surface area contributed by atoms with Crippen LogP contribution >= 0.6 is 0 Å². The minimum absolute atomic E-state index is 0. The van der Waals surface area contributed by atoms with Crippen molar-refractivity contribution in [2.75, 3.05) is 7.11 Å². The maximum atomic E-state index is 11.9. The molecule has 13 nitrogen and oxygen atoms in total. The van der Waals surface area contributed by atoms with Crippen LogP contribution in [-0.2, 0) is 82.0 Å². The molecular formula is C34H44N2O11W2. The molecule has 0 aliphatic carbocycles. The average Bonchev–Trinajstić information content (AvgIpc) is 2.89. The molecule has 2 aromatic rings. The Morgan fingerprint density at radius 1 is 0.796 bits per heavy atom. The van der Waals surface area contributed by atoms with E-state index in [4.69, 9.17) is 14.2 Å². The number of amides is 2. The van der Waals surface area contributed by atoms with Crippen LogP contribution in [0.2, 0.25) is 0 Å². The molecule has 0 unspecified atom stereocenters. The molecule has 0 saturated carbocycles. The van der Waals surface area contributed by atoms with Crippen LogP contribution in [0.25, 0.3) is 6.08 Å². The Labute approximate surface area is 315 Å². The van der Waals surface area contributed by atoms with E-state index in [0.29, 0.717) is 11.5 Å². The standard InChI is InChI=1S/C18H25NO6.C16H19NO5.2W/c1-10-7-13(24-12(3)20)8-11(2)14(10)9-15(16(21)22)19-17(23)25-18(4,5)6;1-9-6-13(22-12(4)19)7-10(2)14(9)8-15(16(20)21-5)17-11(3)18;;/h7-8,15H,9H2,1-6H3,(H,19,23)(H,21,22);6-8H,1-5H3,(H,17,18);;/b;15-8+;;/t15-;;;/m0.../s1. The van der Waals surface area contributed by atoms with Crippen molar-refractivity contribution in [3.8, 4) is 11.5 Å². The first-order valence-electron chi connectivity index (χ1n) is 14.5. The van der Waals surface area contributed by atoms with Crippen LogP contribution in [0.4, 0.5) is 4.79 Å². The second kappa shape index (κ2) is 21.3. The first kappa shape index (κ1) is 47.3. The van der Waals surface area contributed by atoms with Crippen LogP contribution < -0.4 is 20.1 Å². The zero-order valence-electron chi connectivity index (χ0n) is 29.5. The van der Waals surface area contributed by atoms with Crippen LogP contribution in [0, 0.1) is 27.7 Å². The second-order valence-corrected chi connectivity index (χ2v) is 11.7. The van der Waals surface area contributed by atoms with E-state index >= 15 is 0 Å². The number of aryl methyl sites for hydroxylation is 4. The number of rotatable bonds is 9. The molecule has 0 aliphatic heterocycles. The fourth-order valence-corrected chi connectivity index (χ4v) is 4.33. The third-order valence-electron chi connectivity index (χ3n) is 6.16. The molecule has 0 fully saturated rings. The minimum Gasteiger partial charge on any atom is -0.480 e. The molecule has 2 amide bonds. The van der Waals surface area contributed by atoms with Crippen LogP contribution in [0.5, 0.6) is 11.5 Å². The number of carbonyl (C=O) groups is 6. The third kappa shape index (κ3) is 17.4. The average molecular weight is 1020 g/mol. The number of nitrogens with one attached hydrogen (secondary N) is 2. The van der Waals surface area contributed by atoms with E-state index < -0.39 is 41.6 Å². The molecular weight excluding hydrogens is 980 g/mol. The van der Waals surface area contributed by atoms with E-state index in [1.807, 2.05) is 13.8 Å². The molecule has 3 N–H and O–H groups in total. The quantitative estimate of drug-likeness (QED) is 0.181. The molecule has 0 aromatic heterocycles. The van der Waals surface area contributed by atoms with Crippen LogP contribution in [-0.4, -0.2) is 59.7 Å². The van der Waals surface area contributed by atoms with Crippen molar-refractivity contribution >= 4 is 42.0 Å². The van der Waals surface area contributed by atoms with Gasteiger partial charge in [-0.15, -0.1) is 0 Å². The van der Waals surface area contributed by atoms with Crippen molar-refractivity contribution in [2.24, 2.45) is 0 Å². The van der Waals surface area contributed by atoms with E-state index in [-0.39, 0.29) is 60.2 Å². The molecule has 0 radical (unpaired) electrons. The first-order chi connectivity index (χ1) is 21.6. The number of hydrogen-bond donors (Lipinski definition) is 3. The summed E-state index contributed by atoms with van der Waals surface area (Å²) in [6.45, 7) is 16.3. The summed E-state index contributed by atoms with van der Waals surface area (Å²) in [5.41, 5.74) is 3.96. The summed E-state index contributed by atoms with van der Waals surface area (Å²) in [5.74, 6) is -2.18. The molecule has 49 heavy (non-hydrogen) atoms. The van der Waals surface area contributed by atoms with Crippen LogP contribution in [0.3, 0.4) is 0 Å². The van der Waals surface area contributed by atoms with Crippen molar-refractivity contribution in [2.45, 2.75) is 87.3 Å². The van der Waals surface area contributed by atoms with Crippen molar-refractivity contribution < 1.29 is 95.0 Å². The number of benzene rings is 2. The van der Waals surface area contributed by atoms with Gasteiger partial charge in [-0.2, -0.15) is 0 Å². The Kier molecular flexibility index (Phi) is 20.6. The Morgan fingerprint density at radius 2 is 1.22 bits per heavy atom. The van der Waals surface area contributed by atoms with E-state index in [9.17, 15) is 33.9 Å². The van der Waals surface area contributed by atoms with Gasteiger partial charge < -0.3 is 34.7 Å². The third-order valence-corrected chi connectivity index (χ3v) is 6.16. The van der Waals surface area contributed by atoms with Gasteiger partial charge in [0, 0.05) is 69.3 Å². The molecule has 0 aliphatic rings. The molecule has 15 heteroatoms. The van der Waals surface area contributed by atoms with Crippen molar-refractivity contribution in [3.63, 3.8) is 0 Å². The largest absolute Gasteiger partial charge is 0.480 e. The zero-order chi connectivity index (χ0) is 36.2. The summed E-state index contributed by atoms with van der Waals surface area (Å²) >= 11 is 0. The summed E-state index contributed by atoms with van der Waals surface area (Å²) in [6, 6.07) is 5.56. The van der Waals surface area contributed by atoms with Crippen LogP contribution in [0.15, 0.2) is 30.0 Å². The molecule has 0 bridgehead atoms. The Hall–Kier alpha value is -3.82. The number of carboxylic acids is 1. The normalized spacial score (nSPS) is 11.1. The van der Waals surface area contributed by atoms with E-state index in [0.717, 1.165) is 33.4 Å². The van der Waals surface area contributed by atoms with Gasteiger partial charge in [0.15, 0.2) is 0 Å². The zero-order valence-corrected chi connectivity index (χ0v) is 35.4. The Morgan fingerprint density at radius 3 is 1.57 bits per heavy atom. The van der Waals surface area contributed by atoms with Gasteiger partial charge in [-0.05, 0) is 112 Å². The molecule has 2 aromatic carbocycles. The summed E-state index contributed by atoms with van der Waals surface area (Å²) in [6.07, 6.45) is 0.842. The number of carboxylic acid groups (broad SMARTS) is 1. The summed E-state index contributed by atoms with van der Waals surface area (Å²) in [4.78, 5) is 68.3. The number of esters is 3. The fraction of sp³-hybridized carbons (Fsp3) is 0.412. The van der Waals surface area contributed by atoms with E-state index in [1.54, 1.807) is 58.9 Å². The SMILES string of the molecule is CC(=O)Oc1cc(C)c(C[C@H](NC(=O)OC(C)(C)C)C(=O)O)c(C)c1.COC(=O)/C(=C\c1c(C)cc(OC(C)=O)cc1C)NC(C)=O.[W].[W]. The molecule has 1 atom stereocenters. The Bertz CT molecular complexity index is 1520. The second-order valence-electron chi connectivity index (χ2n) is 11.7. The van der Waals surface area contributed by atoms with Gasteiger partial charge in [-0.1, -0.05) is 0 Å². The maximum Gasteiger partial charge on any atom is 0.408 e. The first-order valence-corrected chi connectivity index (χ1v) is 14.5. The van der Waals surface area contributed by atoms with E-state index in [1.165, 1.54) is 34.0 Å². The predicted octanol–water partition coefficient (Wildman–Crippen LogP) is 4.62. The molecule has 268 valence electrons. The number of aliphatic carboxylic acids is 1. The predicted molar refractivity (Wildman–Crippen MR) is 173 cm³/mol. The maximum absolute atomic E-state index is 11.9. The number of ether oxygens (including phenoxy) is 4. The van der Waals surface area contributed by atoms with Gasteiger partial charge >= 0.3 is 30.0 Å². The summed E-state index contributed by atoms with van der Waals surface area (Å²) in [5, 5.41) is 14.2. The molecule has 0 heterocycles. The van der Waals surface area contributed by atoms with E-state index in [2.05, 4.69) is 15.4 Å². The molecule has 0 spiro atoms. The van der Waals surface area contributed by atoms with Crippen molar-refractivity contribution in [1.29, 1.82) is 0 Å². The monoisotopic (exact) mass is 1020 g/mol. The number of methoxy groups -OCH3 is 1. The van der Waals surface area contributed by atoms with Gasteiger partial charge in [-0.3, -0.25) is 14.4 Å². The van der Waals surface area contributed by atoms with Crippen molar-refractivity contribution in [3.05, 3.63) is 63.3 Å². The summed E-state index contributed by atoms with van der Waals surface area (Å²) in [7, 11) is 1.24. The summed E-state index contributed by atoms with van der Waals surface area (Å²) < 4.78 is 19.9. The van der Waals surface area contributed by atoms with Gasteiger partial charge in [-0.25, -0.2) is 14.4 Å². The number of carbonyl (C=O) groups excluding carboxylic acids is 5. The van der Waals surface area contributed by atoms with Gasteiger partial charge in [0.05, 0.1) is 7.11 Å². The fourth-order valence-electron chi connectivity index (χ4n) is 4.33. The number of alkyl carbamates (subject to hydrolysis) is 1. The van der Waals surface area contributed by atoms with Gasteiger partial charge in [0.2, 0.25) is 5.91 Å².